The Morgan fingerprint density at radius 2 is 1.50 bits per heavy atom. The molecule has 0 radical (unpaired) electrons. The Balaban J connectivity index is 0. The molecule has 0 rings (SSSR count). The number of hydrogen-bond donors (Lipinski definition) is 0. The molecule has 6 heavy (non-hydrogen) atoms. The first-order valence-corrected chi connectivity index (χ1v) is 1.99. The minimum atomic E-state index is 0. The molecule has 32 valence electrons. The molecule has 2 heteroatoms. The van der Waals surface area contributed by atoms with Gasteiger partial charge in [0.25, 0.3) is 0 Å². The molecule has 0 aromatic carbocycles. The quantitative estimate of drug-likeness (QED) is 0.517. The standard InChI is InChI=1S/C4H10O.Ga/c1-3-5-4-2;/h3-4H2,1-2H3;/q;+3. The van der Waals surface area contributed by atoms with Gasteiger partial charge >= 0.3 is 19.8 Å². The first kappa shape index (κ1) is 9.78. The summed E-state index contributed by atoms with van der Waals surface area (Å²) in [6.45, 7) is 5.67. The average Bonchev–Trinajstić information content (AvgIpc) is 1.41. The van der Waals surface area contributed by atoms with Crippen molar-refractivity contribution in [2.75, 3.05) is 13.2 Å². The van der Waals surface area contributed by atoms with Gasteiger partial charge in [0.15, 0.2) is 0 Å². The van der Waals surface area contributed by atoms with E-state index in [2.05, 4.69) is 0 Å². The van der Waals surface area contributed by atoms with E-state index in [1.54, 1.807) is 0 Å². The van der Waals surface area contributed by atoms with Crippen molar-refractivity contribution < 1.29 is 4.74 Å². The summed E-state index contributed by atoms with van der Waals surface area (Å²) in [4.78, 5) is 0. The van der Waals surface area contributed by atoms with Crippen molar-refractivity contribution in [3.05, 3.63) is 0 Å². The van der Waals surface area contributed by atoms with Crippen LogP contribution in [0.1, 0.15) is 13.8 Å². The molecular formula is C4H10GaO+3. The maximum atomic E-state index is 4.83. The minimum Gasteiger partial charge on any atom is -0.382 e. The fraction of sp³-hybridized carbons (Fsp3) is 1.00. The van der Waals surface area contributed by atoms with E-state index >= 15 is 0 Å². The Kier molecular flexibility index (Phi) is 14.9. The molecule has 0 fully saturated rings. The molecule has 0 saturated carbocycles. The third kappa shape index (κ3) is 8.82. The zero-order valence-electron chi connectivity index (χ0n) is 4.40. The molecule has 0 aliphatic heterocycles. The van der Waals surface area contributed by atoms with Gasteiger partial charge in [0.1, 0.15) is 0 Å². The molecule has 0 aromatic heterocycles. The Morgan fingerprint density at radius 3 is 1.50 bits per heavy atom. The van der Waals surface area contributed by atoms with Crippen molar-refractivity contribution in [1.29, 1.82) is 0 Å². The first-order valence-electron chi connectivity index (χ1n) is 1.99. The monoisotopic (exact) mass is 143 g/mol. The normalized spacial score (nSPS) is 7.00. The molecule has 0 saturated heterocycles. The third-order valence-electron chi connectivity index (χ3n) is 0.408. The number of ether oxygens (including phenoxy) is 1. The summed E-state index contributed by atoms with van der Waals surface area (Å²) < 4.78 is 4.83. The Hall–Kier alpha value is 0.596. The molecule has 0 heterocycles. The summed E-state index contributed by atoms with van der Waals surface area (Å²) in [6, 6.07) is 0. The molecule has 0 atom stereocenters. The van der Waals surface area contributed by atoms with E-state index < -0.39 is 0 Å². The van der Waals surface area contributed by atoms with Gasteiger partial charge in [-0.3, -0.25) is 0 Å². The molecule has 0 aliphatic carbocycles. The maximum Gasteiger partial charge on any atom is 3.00 e. The SMILES string of the molecule is CCOCC.[Ga+3]. The van der Waals surface area contributed by atoms with Crippen LogP contribution in [0.15, 0.2) is 0 Å². The first-order chi connectivity index (χ1) is 2.41. The molecular weight excluding hydrogens is 134 g/mol. The predicted molar refractivity (Wildman–Crippen MR) is 27.9 cm³/mol. The summed E-state index contributed by atoms with van der Waals surface area (Å²) >= 11 is 0. The fourth-order valence-corrected chi connectivity index (χ4v) is 0.204. The van der Waals surface area contributed by atoms with Gasteiger partial charge in [0.2, 0.25) is 0 Å². The van der Waals surface area contributed by atoms with E-state index in [1.807, 2.05) is 13.8 Å². The van der Waals surface area contributed by atoms with E-state index in [4.69, 9.17) is 4.74 Å². The fourth-order valence-electron chi connectivity index (χ4n) is 0.204. The molecule has 0 aromatic rings. The van der Waals surface area contributed by atoms with Crippen molar-refractivity contribution in [1.82, 2.24) is 0 Å². The average molecular weight is 144 g/mol. The van der Waals surface area contributed by atoms with Crippen molar-refractivity contribution in [2.24, 2.45) is 0 Å². The van der Waals surface area contributed by atoms with Crippen LogP contribution in [0.25, 0.3) is 0 Å². The molecule has 0 spiro atoms. The Bertz CT molecular complexity index is 15.0. The summed E-state index contributed by atoms with van der Waals surface area (Å²) in [5, 5.41) is 0. The number of rotatable bonds is 2. The second-order valence-corrected chi connectivity index (χ2v) is 0.781. The molecule has 0 bridgehead atoms. The van der Waals surface area contributed by atoms with Crippen molar-refractivity contribution in [3.8, 4) is 0 Å². The van der Waals surface area contributed by atoms with Gasteiger partial charge in [-0.1, -0.05) is 0 Å². The predicted octanol–water partition coefficient (Wildman–Crippen LogP) is 0.662. The molecule has 1 nitrogen and oxygen atoms in total. The van der Waals surface area contributed by atoms with Crippen LogP contribution >= 0.6 is 0 Å². The van der Waals surface area contributed by atoms with Crippen LogP contribution in [0, 0.1) is 0 Å². The van der Waals surface area contributed by atoms with E-state index in [1.165, 1.54) is 0 Å². The molecule has 0 N–H and O–H groups in total. The second-order valence-electron chi connectivity index (χ2n) is 0.781. The molecule has 0 amide bonds. The van der Waals surface area contributed by atoms with Gasteiger partial charge in [-0.25, -0.2) is 0 Å². The van der Waals surface area contributed by atoms with Crippen LogP contribution in [-0.2, 0) is 4.74 Å². The molecule has 0 unspecified atom stereocenters. The zero-order valence-corrected chi connectivity index (χ0v) is 6.82. The van der Waals surface area contributed by atoms with Gasteiger partial charge < -0.3 is 4.74 Å². The van der Waals surface area contributed by atoms with Crippen LogP contribution in [0.4, 0.5) is 0 Å². The van der Waals surface area contributed by atoms with Gasteiger partial charge in [-0.15, -0.1) is 0 Å². The van der Waals surface area contributed by atoms with E-state index in [-0.39, 0.29) is 19.8 Å². The van der Waals surface area contributed by atoms with Crippen LogP contribution < -0.4 is 0 Å². The third-order valence-corrected chi connectivity index (χ3v) is 0.408. The topological polar surface area (TPSA) is 9.23 Å². The van der Waals surface area contributed by atoms with E-state index in [9.17, 15) is 0 Å². The zero-order chi connectivity index (χ0) is 4.12. The van der Waals surface area contributed by atoms with Crippen molar-refractivity contribution in [2.45, 2.75) is 13.8 Å². The van der Waals surface area contributed by atoms with Gasteiger partial charge in [-0.05, 0) is 13.8 Å². The van der Waals surface area contributed by atoms with Crippen LogP contribution in [-0.4, -0.2) is 33.0 Å². The van der Waals surface area contributed by atoms with Crippen LogP contribution in [0.5, 0.6) is 0 Å². The van der Waals surface area contributed by atoms with Crippen molar-refractivity contribution >= 4 is 19.8 Å². The summed E-state index contributed by atoms with van der Waals surface area (Å²) in [5.74, 6) is 0. The summed E-state index contributed by atoms with van der Waals surface area (Å²) in [5.41, 5.74) is 0. The van der Waals surface area contributed by atoms with E-state index in [0.29, 0.717) is 0 Å². The maximum absolute atomic E-state index is 4.83. The Labute approximate surface area is 52.1 Å². The number of hydrogen-bond acceptors (Lipinski definition) is 1. The van der Waals surface area contributed by atoms with Crippen molar-refractivity contribution in [3.63, 3.8) is 0 Å². The van der Waals surface area contributed by atoms with Gasteiger partial charge in [0, 0.05) is 13.2 Å². The smallest absolute Gasteiger partial charge is 0.382 e. The van der Waals surface area contributed by atoms with Gasteiger partial charge in [0.05, 0.1) is 0 Å². The van der Waals surface area contributed by atoms with Crippen LogP contribution in [0.2, 0.25) is 0 Å². The molecule has 0 aliphatic rings. The summed E-state index contributed by atoms with van der Waals surface area (Å²) in [7, 11) is 0. The van der Waals surface area contributed by atoms with Gasteiger partial charge in [-0.2, -0.15) is 0 Å². The minimum absolute atomic E-state index is 0. The largest absolute Gasteiger partial charge is 3.00 e. The Morgan fingerprint density at radius 1 is 1.17 bits per heavy atom. The van der Waals surface area contributed by atoms with Crippen LogP contribution in [0.3, 0.4) is 0 Å². The summed E-state index contributed by atoms with van der Waals surface area (Å²) in [6.07, 6.45) is 0. The second kappa shape index (κ2) is 9.14. The van der Waals surface area contributed by atoms with E-state index in [0.717, 1.165) is 13.2 Å².